The van der Waals surface area contributed by atoms with Gasteiger partial charge in [0.05, 0.1) is 11.4 Å². The summed E-state index contributed by atoms with van der Waals surface area (Å²) in [5, 5.41) is 6.18. The molecule has 164 valence electrons. The second-order valence-electron chi connectivity index (χ2n) is 7.63. The predicted molar refractivity (Wildman–Crippen MR) is 122 cm³/mol. The van der Waals surface area contributed by atoms with Crippen LogP contribution in [0.1, 0.15) is 44.9 Å². The summed E-state index contributed by atoms with van der Waals surface area (Å²) in [6.45, 7) is 10.6. The van der Waals surface area contributed by atoms with Crippen LogP contribution in [0.3, 0.4) is 0 Å². The minimum absolute atomic E-state index is 0.0485. The first kappa shape index (κ1) is 24.1. The third-order valence-electron chi connectivity index (χ3n) is 5.13. The SMILES string of the molecule is CCN(CC)S(=O)(=O)c1ccc(C)c(NC(=O)CN[C@@H](c2ccccc2)C(C)C)c1. The zero-order chi connectivity index (χ0) is 22.3. The molecule has 0 aliphatic heterocycles. The standard InChI is InChI=1S/C23H33N3O3S/c1-6-26(7-2)30(28,29)20-14-13-18(5)21(15-20)25-22(27)16-24-23(17(3)4)19-11-9-8-10-12-19/h8-15,17,23-24H,6-7,16H2,1-5H3,(H,25,27)/t23-/m1/s1. The van der Waals surface area contributed by atoms with Crippen LogP contribution in [0.25, 0.3) is 0 Å². The number of aryl methyl sites for hydroxylation is 1. The van der Waals surface area contributed by atoms with E-state index < -0.39 is 10.0 Å². The van der Waals surface area contributed by atoms with E-state index in [0.29, 0.717) is 24.7 Å². The van der Waals surface area contributed by atoms with Crippen LogP contribution in [-0.2, 0) is 14.8 Å². The molecule has 0 heterocycles. The van der Waals surface area contributed by atoms with E-state index in [2.05, 4.69) is 24.5 Å². The molecule has 0 aromatic heterocycles. The van der Waals surface area contributed by atoms with Crippen molar-refractivity contribution >= 4 is 21.6 Å². The van der Waals surface area contributed by atoms with E-state index in [9.17, 15) is 13.2 Å². The zero-order valence-electron chi connectivity index (χ0n) is 18.5. The summed E-state index contributed by atoms with van der Waals surface area (Å²) < 4.78 is 27.0. The minimum atomic E-state index is -3.58. The Morgan fingerprint density at radius 1 is 1.03 bits per heavy atom. The van der Waals surface area contributed by atoms with Crippen molar-refractivity contribution in [2.45, 2.75) is 45.6 Å². The Hall–Kier alpha value is -2.22. The molecule has 0 saturated carbocycles. The summed E-state index contributed by atoms with van der Waals surface area (Å²) in [6.07, 6.45) is 0. The summed E-state index contributed by atoms with van der Waals surface area (Å²) in [7, 11) is -3.58. The molecule has 0 spiro atoms. The van der Waals surface area contributed by atoms with Crippen molar-refractivity contribution < 1.29 is 13.2 Å². The first-order valence-electron chi connectivity index (χ1n) is 10.4. The van der Waals surface area contributed by atoms with Gasteiger partial charge in [-0.1, -0.05) is 64.1 Å². The largest absolute Gasteiger partial charge is 0.325 e. The number of nitrogens with zero attached hydrogens (tertiary/aromatic N) is 1. The van der Waals surface area contributed by atoms with Crippen LogP contribution in [0.2, 0.25) is 0 Å². The van der Waals surface area contributed by atoms with Crippen molar-refractivity contribution in [3.63, 3.8) is 0 Å². The Morgan fingerprint density at radius 2 is 1.67 bits per heavy atom. The number of benzene rings is 2. The van der Waals surface area contributed by atoms with Gasteiger partial charge in [0.15, 0.2) is 0 Å². The second kappa shape index (κ2) is 10.7. The summed E-state index contributed by atoms with van der Waals surface area (Å²) in [6, 6.07) is 14.9. The van der Waals surface area contributed by atoms with E-state index >= 15 is 0 Å². The Balaban J connectivity index is 2.13. The highest BCUT2D eigenvalue weighted by molar-refractivity contribution is 7.89. The van der Waals surface area contributed by atoms with Gasteiger partial charge in [-0.15, -0.1) is 0 Å². The van der Waals surface area contributed by atoms with Crippen LogP contribution in [-0.4, -0.2) is 38.3 Å². The van der Waals surface area contributed by atoms with Crippen LogP contribution in [0, 0.1) is 12.8 Å². The number of amides is 1. The molecule has 0 aliphatic carbocycles. The van der Waals surface area contributed by atoms with E-state index in [0.717, 1.165) is 11.1 Å². The lowest BCUT2D eigenvalue weighted by molar-refractivity contribution is -0.115. The number of rotatable bonds is 10. The highest BCUT2D eigenvalue weighted by atomic mass is 32.2. The quantitative estimate of drug-likeness (QED) is 0.597. The number of hydrogen-bond acceptors (Lipinski definition) is 4. The Kier molecular flexibility index (Phi) is 8.58. The normalized spacial score (nSPS) is 12.9. The maximum atomic E-state index is 12.8. The average Bonchev–Trinajstić information content (AvgIpc) is 2.71. The van der Waals surface area contributed by atoms with Gasteiger partial charge in [-0.25, -0.2) is 8.42 Å². The first-order valence-corrected chi connectivity index (χ1v) is 11.8. The fourth-order valence-electron chi connectivity index (χ4n) is 3.40. The molecule has 7 heteroatoms. The van der Waals surface area contributed by atoms with Gasteiger partial charge < -0.3 is 10.6 Å². The minimum Gasteiger partial charge on any atom is -0.325 e. The molecule has 2 N–H and O–H groups in total. The molecule has 0 fully saturated rings. The Bertz CT molecular complexity index is 939. The molecule has 30 heavy (non-hydrogen) atoms. The van der Waals surface area contributed by atoms with E-state index in [4.69, 9.17) is 0 Å². The molecule has 0 saturated heterocycles. The maximum absolute atomic E-state index is 12.8. The summed E-state index contributed by atoms with van der Waals surface area (Å²) in [5.41, 5.74) is 2.45. The van der Waals surface area contributed by atoms with Crippen LogP contribution < -0.4 is 10.6 Å². The van der Waals surface area contributed by atoms with Crippen LogP contribution >= 0.6 is 0 Å². The lowest BCUT2D eigenvalue weighted by Crippen LogP contribution is -2.34. The zero-order valence-corrected chi connectivity index (χ0v) is 19.3. The summed E-state index contributed by atoms with van der Waals surface area (Å²) >= 11 is 0. The summed E-state index contributed by atoms with van der Waals surface area (Å²) in [4.78, 5) is 12.8. The molecule has 0 unspecified atom stereocenters. The van der Waals surface area contributed by atoms with Gasteiger partial charge in [-0.05, 0) is 36.1 Å². The number of sulfonamides is 1. The summed E-state index contributed by atoms with van der Waals surface area (Å²) in [5.74, 6) is 0.0987. The van der Waals surface area contributed by atoms with Crippen molar-refractivity contribution in [1.82, 2.24) is 9.62 Å². The van der Waals surface area contributed by atoms with Crippen molar-refractivity contribution in [2.75, 3.05) is 25.0 Å². The molecule has 0 aliphatic rings. The van der Waals surface area contributed by atoms with Gasteiger partial charge in [0.25, 0.3) is 0 Å². The number of carbonyl (C=O) groups is 1. The molecule has 6 nitrogen and oxygen atoms in total. The highest BCUT2D eigenvalue weighted by Gasteiger charge is 2.23. The molecule has 2 rings (SSSR count). The number of anilines is 1. The van der Waals surface area contributed by atoms with E-state index in [1.807, 2.05) is 51.1 Å². The van der Waals surface area contributed by atoms with Crippen molar-refractivity contribution in [1.29, 1.82) is 0 Å². The third kappa shape index (κ3) is 5.90. The maximum Gasteiger partial charge on any atom is 0.243 e. The van der Waals surface area contributed by atoms with Gasteiger partial charge in [-0.3, -0.25) is 4.79 Å². The average molecular weight is 432 g/mol. The van der Waals surface area contributed by atoms with Gasteiger partial charge in [0, 0.05) is 24.8 Å². The monoisotopic (exact) mass is 431 g/mol. The van der Waals surface area contributed by atoms with Gasteiger partial charge in [-0.2, -0.15) is 4.31 Å². The van der Waals surface area contributed by atoms with E-state index in [1.165, 1.54) is 10.4 Å². The van der Waals surface area contributed by atoms with Crippen LogP contribution in [0.5, 0.6) is 0 Å². The fourth-order valence-corrected chi connectivity index (χ4v) is 4.89. The first-order chi connectivity index (χ1) is 14.2. The predicted octanol–water partition coefficient (Wildman–Crippen LogP) is 3.95. The highest BCUT2D eigenvalue weighted by Crippen LogP contribution is 2.24. The number of nitrogens with one attached hydrogen (secondary N) is 2. The molecule has 0 bridgehead atoms. The van der Waals surface area contributed by atoms with Crippen molar-refractivity contribution in [2.24, 2.45) is 5.92 Å². The molecular weight excluding hydrogens is 398 g/mol. The molecule has 0 radical (unpaired) electrons. The lowest BCUT2D eigenvalue weighted by atomic mass is 9.96. The van der Waals surface area contributed by atoms with Crippen molar-refractivity contribution in [3.8, 4) is 0 Å². The number of carbonyl (C=O) groups excluding carboxylic acids is 1. The molecule has 1 atom stereocenters. The topological polar surface area (TPSA) is 78.5 Å². The Labute approximate surface area is 180 Å². The van der Waals surface area contributed by atoms with E-state index in [-0.39, 0.29) is 23.4 Å². The molecule has 2 aromatic carbocycles. The smallest absolute Gasteiger partial charge is 0.243 e. The van der Waals surface area contributed by atoms with Gasteiger partial charge >= 0.3 is 0 Å². The lowest BCUT2D eigenvalue weighted by Gasteiger charge is -2.23. The van der Waals surface area contributed by atoms with E-state index in [1.54, 1.807) is 12.1 Å². The van der Waals surface area contributed by atoms with Crippen molar-refractivity contribution in [3.05, 3.63) is 59.7 Å². The van der Waals surface area contributed by atoms with Crippen LogP contribution in [0.15, 0.2) is 53.4 Å². The Morgan fingerprint density at radius 3 is 2.23 bits per heavy atom. The third-order valence-corrected chi connectivity index (χ3v) is 7.18. The van der Waals surface area contributed by atoms with Gasteiger partial charge in [0.2, 0.25) is 15.9 Å². The van der Waals surface area contributed by atoms with Gasteiger partial charge in [0.1, 0.15) is 0 Å². The second-order valence-corrected chi connectivity index (χ2v) is 9.57. The molecule has 1 amide bonds. The molecular formula is C23H33N3O3S. The molecule has 2 aromatic rings. The van der Waals surface area contributed by atoms with Crippen LogP contribution in [0.4, 0.5) is 5.69 Å². The fraction of sp³-hybridized carbons (Fsp3) is 0.435. The number of hydrogen-bond donors (Lipinski definition) is 2.